The Morgan fingerprint density at radius 1 is 1.17 bits per heavy atom. The lowest BCUT2D eigenvalue weighted by atomic mass is 10.1. The number of aryl methyl sites for hydroxylation is 2. The number of nitrogens with one attached hydrogen (secondary N) is 1. The van der Waals surface area contributed by atoms with Crippen molar-refractivity contribution >= 4 is 11.0 Å². The van der Waals surface area contributed by atoms with Gasteiger partial charge in [0.25, 0.3) is 5.56 Å². The van der Waals surface area contributed by atoms with E-state index in [1.54, 1.807) is 27.8 Å². The van der Waals surface area contributed by atoms with E-state index in [0.29, 0.717) is 0 Å². The van der Waals surface area contributed by atoms with E-state index in [2.05, 4.69) is 15.1 Å². The summed E-state index contributed by atoms with van der Waals surface area (Å²) in [5, 5.41) is 4.21. The Morgan fingerprint density at radius 2 is 2.00 bits per heavy atom. The van der Waals surface area contributed by atoms with E-state index < -0.39 is 0 Å². The minimum Gasteiger partial charge on any atom is -0.345 e. The average Bonchev–Trinajstić information content (AvgIpc) is 3.15. The van der Waals surface area contributed by atoms with Crippen molar-refractivity contribution in [1.82, 2.24) is 24.3 Å². The molecule has 0 saturated heterocycles. The van der Waals surface area contributed by atoms with Gasteiger partial charge >= 0.3 is 0 Å². The maximum absolute atomic E-state index is 12.4. The number of aromatic amines is 1. The molecule has 24 heavy (non-hydrogen) atoms. The predicted octanol–water partition coefficient (Wildman–Crippen LogP) is 3.06. The summed E-state index contributed by atoms with van der Waals surface area (Å²) in [6, 6.07) is 7.37. The largest absolute Gasteiger partial charge is 0.345 e. The summed E-state index contributed by atoms with van der Waals surface area (Å²) >= 11 is 0. The summed E-state index contributed by atoms with van der Waals surface area (Å²) in [4.78, 5) is 19.7. The number of fused-ring (bicyclic) bond motifs is 1. The molecular weight excluding hydrogens is 302 g/mol. The van der Waals surface area contributed by atoms with Gasteiger partial charge in [-0.3, -0.25) is 14.0 Å². The van der Waals surface area contributed by atoms with Crippen LogP contribution in [0.1, 0.15) is 13.0 Å². The Hall–Kier alpha value is -3.15. The zero-order valence-corrected chi connectivity index (χ0v) is 12.8. The molecule has 6 heteroatoms. The summed E-state index contributed by atoms with van der Waals surface area (Å²) in [5.74, 6) is 0. The minimum atomic E-state index is -0.0611. The number of rotatable bonds is 2. The Kier molecular flexibility index (Phi) is 3.81. The summed E-state index contributed by atoms with van der Waals surface area (Å²) in [7, 11) is 1.88. The quantitative estimate of drug-likeness (QED) is 0.617. The molecule has 0 bridgehead atoms. The number of hydrogen-bond acceptors (Lipinski definition) is 3. The van der Waals surface area contributed by atoms with Crippen LogP contribution in [-0.2, 0) is 7.05 Å². The van der Waals surface area contributed by atoms with E-state index in [9.17, 15) is 4.79 Å². The maximum Gasteiger partial charge on any atom is 0.255 e. The highest BCUT2D eigenvalue weighted by molar-refractivity contribution is 5.77. The Labute approximate surface area is 139 Å². The highest BCUT2D eigenvalue weighted by atomic mass is 16.1. The van der Waals surface area contributed by atoms with E-state index in [-0.39, 0.29) is 13.0 Å². The van der Waals surface area contributed by atoms with Crippen LogP contribution < -0.4 is 5.56 Å². The van der Waals surface area contributed by atoms with Crippen LogP contribution in [0, 0.1) is 6.92 Å². The smallest absolute Gasteiger partial charge is 0.255 e. The fourth-order valence-corrected chi connectivity index (χ4v) is 2.76. The third-order valence-corrected chi connectivity index (χ3v) is 3.96. The normalized spacial score (nSPS) is 10.8. The van der Waals surface area contributed by atoms with Gasteiger partial charge in [-0.2, -0.15) is 5.10 Å². The first-order chi connectivity index (χ1) is 11.1. The van der Waals surface area contributed by atoms with Gasteiger partial charge in [0, 0.05) is 36.6 Å². The Morgan fingerprint density at radius 3 is 2.75 bits per heavy atom. The molecule has 0 spiro atoms. The molecular formula is C18H19N5O. The zero-order chi connectivity index (χ0) is 16.0. The summed E-state index contributed by atoms with van der Waals surface area (Å²) in [5.41, 5.74) is 5.43. The first-order valence-electron chi connectivity index (χ1n) is 7.28. The topological polar surface area (TPSA) is 68.5 Å². The van der Waals surface area contributed by atoms with Crippen molar-refractivity contribution in [3.63, 3.8) is 0 Å². The number of hydrogen-bond donors (Lipinski definition) is 1. The van der Waals surface area contributed by atoms with Crippen LogP contribution in [0.2, 0.25) is 0 Å². The van der Waals surface area contributed by atoms with Gasteiger partial charge in [-0.1, -0.05) is 7.43 Å². The number of nitrogens with zero attached hydrogens (tertiary/aromatic N) is 4. The van der Waals surface area contributed by atoms with Crippen LogP contribution in [0.15, 0.2) is 54.0 Å². The lowest BCUT2D eigenvalue weighted by Crippen LogP contribution is -2.17. The molecule has 0 aliphatic rings. The third-order valence-electron chi connectivity index (χ3n) is 3.96. The molecule has 0 fully saturated rings. The monoisotopic (exact) mass is 321 g/mol. The lowest BCUT2D eigenvalue weighted by molar-refractivity contribution is 0.768. The second-order valence-electron chi connectivity index (χ2n) is 5.59. The maximum atomic E-state index is 12.4. The van der Waals surface area contributed by atoms with Crippen molar-refractivity contribution in [2.24, 2.45) is 7.05 Å². The first kappa shape index (κ1) is 15.7. The van der Waals surface area contributed by atoms with Crippen LogP contribution in [-0.4, -0.2) is 24.3 Å². The van der Waals surface area contributed by atoms with Crippen molar-refractivity contribution in [2.45, 2.75) is 14.4 Å². The fraction of sp³-hybridized carbons (Fsp3) is 0.167. The molecule has 0 unspecified atom stereocenters. The second-order valence-corrected chi connectivity index (χ2v) is 5.59. The molecule has 3 aromatic heterocycles. The molecule has 1 aromatic carbocycles. The molecule has 0 atom stereocenters. The number of pyridine rings is 1. The van der Waals surface area contributed by atoms with Gasteiger partial charge in [0.15, 0.2) is 0 Å². The molecule has 4 rings (SSSR count). The van der Waals surface area contributed by atoms with E-state index in [0.717, 1.165) is 33.4 Å². The van der Waals surface area contributed by atoms with Gasteiger partial charge < -0.3 is 4.98 Å². The van der Waals surface area contributed by atoms with Gasteiger partial charge in [0.05, 0.1) is 29.2 Å². The van der Waals surface area contributed by atoms with Gasteiger partial charge in [0.2, 0.25) is 0 Å². The Bertz CT molecular complexity index is 1070. The van der Waals surface area contributed by atoms with E-state index in [4.69, 9.17) is 0 Å². The van der Waals surface area contributed by atoms with Gasteiger partial charge in [-0.05, 0) is 30.7 Å². The first-order valence-corrected chi connectivity index (χ1v) is 7.28. The van der Waals surface area contributed by atoms with E-state index >= 15 is 0 Å². The van der Waals surface area contributed by atoms with Crippen molar-refractivity contribution in [3.8, 4) is 16.8 Å². The highest BCUT2D eigenvalue weighted by Gasteiger charge is 2.10. The van der Waals surface area contributed by atoms with Crippen LogP contribution in [0.4, 0.5) is 0 Å². The predicted molar refractivity (Wildman–Crippen MR) is 95.4 cm³/mol. The standard InChI is InChI=1S/C17H15N5O.CH4/c1-11-5-17(23)22(9-14(11)12-7-20-21(2)8-12)13-3-4-15-16(6-13)19-10-18-15;/h3-10H,1-2H3,(H,18,19);1H4. The third kappa shape index (κ3) is 2.52. The molecule has 0 radical (unpaired) electrons. The molecule has 0 aliphatic carbocycles. The molecule has 6 nitrogen and oxygen atoms in total. The number of imidazole rings is 1. The van der Waals surface area contributed by atoms with Crippen molar-refractivity contribution in [2.75, 3.05) is 0 Å². The van der Waals surface area contributed by atoms with Gasteiger partial charge in [-0.25, -0.2) is 4.98 Å². The number of aromatic nitrogens is 5. The van der Waals surface area contributed by atoms with Gasteiger partial charge in [-0.15, -0.1) is 0 Å². The molecule has 0 aliphatic heterocycles. The molecule has 4 aromatic rings. The zero-order valence-electron chi connectivity index (χ0n) is 12.8. The number of benzene rings is 1. The molecule has 1 N–H and O–H groups in total. The minimum absolute atomic E-state index is 0. The van der Waals surface area contributed by atoms with Crippen molar-refractivity contribution in [1.29, 1.82) is 0 Å². The summed E-state index contributed by atoms with van der Waals surface area (Å²) in [6.07, 6.45) is 7.25. The number of H-pyrrole nitrogens is 1. The van der Waals surface area contributed by atoms with Crippen molar-refractivity contribution < 1.29 is 0 Å². The Balaban J connectivity index is 0.00000169. The van der Waals surface area contributed by atoms with E-state index in [1.807, 2.05) is 44.6 Å². The van der Waals surface area contributed by atoms with Crippen LogP contribution in [0.3, 0.4) is 0 Å². The molecule has 0 amide bonds. The van der Waals surface area contributed by atoms with Gasteiger partial charge in [0.1, 0.15) is 0 Å². The van der Waals surface area contributed by atoms with Crippen LogP contribution in [0.5, 0.6) is 0 Å². The summed E-state index contributed by atoms with van der Waals surface area (Å²) < 4.78 is 3.40. The fourth-order valence-electron chi connectivity index (χ4n) is 2.76. The lowest BCUT2D eigenvalue weighted by Gasteiger charge is -2.10. The second kappa shape index (κ2) is 5.81. The molecule has 0 saturated carbocycles. The molecule has 3 heterocycles. The van der Waals surface area contributed by atoms with Crippen LogP contribution in [0.25, 0.3) is 27.8 Å². The van der Waals surface area contributed by atoms with Crippen molar-refractivity contribution in [3.05, 3.63) is 65.1 Å². The molecule has 122 valence electrons. The highest BCUT2D eigenvalue weighted by Crippen LogP contribution is 2.23. The van der Waals surface area contributed by atoms with E-state index in [1.165, 1.54) is 0 Å². The SMILES string of the molecule is C.Cc1cc(=O)n(-c2ccc3nc[nH]c3c2)cc1-c1cnn(C)c1. The summed E-state index contributed by atoms with van der Waals surface area (Å²) in [6.45, 7) is 1.94. The average molecular weight is 321 g/mol. The van der Waals surface area contributed by atoms with Crippen LogP contribution >= 0.6 is 0 Å².